The number of carbonyl (C=O) groups is 5. The normalized spacial score (nSPS) is 17.3. The Balaban J connectivity index is 0.969. The van der Waals surface area contributed by atoms with Crippen molar-refractivity contribution in [1.29, 1.82) is 0 Å². The van der Waals surface area contributed by atoms with Crippen molar-refractivity contribution in [2.24, 2.45) is 0 Å². The molecular formula is C40H39F3N8O6. The van der Waals surface area contributed by atoms with E-state index in [9.17, 15) is 37.1 Å². The van der Waals surface area contributed by atoms with Crippen molar-refractivity contribution in [1.82, 2.24) is 25.4 Å². The van der Waals surface area contributed by atoms with Crippen molar-refractivity contribution in [2.75, 3.05) is 62.4 Å². The number of nitrogens with zero attached hydrogens (tertiary/aromatic N) is 4. The maximum Gasteiger partial charge on any atom is 0.419 e. The molecule has 14 nitrogen and oxygen atoms in total. The van der Waals surface area contributed by atoms with Gasteiger partial charge in [0.1, 0.15) is 17.6 Å². The van der Waals surface area contributed by atoms with Crippen LogP contribution in [0.25, 0.3) is 0 Å². The molecule has 1 aromatic heterocycles. The van der Waals surface area contributed by atoms with Crippen LogP contribution >= 0.6 is 0 Å². The number of hydrogen-bond acceptors (Lipinski definition) is 11. The van der Waals surface area contributed by atoms with Crippen LogP contribution in [0.15, 0.2) is 72.9 Å². The third-order valence-electron chi connectivity index (χ3n) is 10.3. The Bertz CT molecular complexity index is 2260. The van der Waals surface area contributed by atoms with Gasteiger partial charge in [0.15, 0.2) is 0 Å². The lowest BCUT2D eigenvalue weighted by molar-refractivity contribution is -0.137. The summed E-state index contributed by atoms with van der Waals surface area (Å²) in [7, 11) is 2.94. The minimum atomic E-state index is -4.71. The molecule has 3 aromatic carbocycles. The first-order valence-electron chi connectivity index (χ1n) is 18.3. The average molecular weight is 785 g/mol. The van der Waals surface area contributed by atoms with E-state index in [1.54, 1.807) is 36.4 Å². The number of pyridine rings is 1. The number of para-hydroxylation sites is 1. The number of nitrogens with one attached hydrogen (secondary N) is 4. The number of amides is 5. The number of hydrogen-bond donors (Lipinski definition) is 4. The van der Waals surface area contributed by atoms with Gasteiger partial charge in [0.05, 0.1) is 46.4 Å². The minimum absolute atomic E-state index is 0.0539. The number of imide groups is 2. The van der Waals surface area contributed by atoms with Gasteiger partial charge in [0.25, 0.3) is 17.7 Å². The van der Waals surface area contributed by atoms with Crippen LogP contribution in [0.2, 0.25) is 0 Å². The predicted octanol–water partition coefficient (Wildman–Crippen LogP) is 4.72. The largest absolute Gasteiger partial charge is 0.495 e. The molecular weight excluding hydrogens is 745 g/mol. The molecule has 17 heteroatoms. The molecule has 0 saturated carbocycles. The van der Waals surface area contributed by atoms with Crippen molar-refractivity contribution in [2.45, 2.75) is 31.5 Å². The molecule has 3 aliphatic heterocycles. The van der Waals surface area contributed by atoms with Gasteiger partial charge >= 0.3 is 6.18 Å². The van der Waals surface area contributed by atoms with Crippen LogP contribution in [0.5, 0.6) is 5.75 Å². The molecule has 3 aliphatic rings. The molecule has 2 saturated heterocycles. The Morgan fingerprint density at radius 3 is 2.37 bits per heavy atom. The van der Waals surface area contributed by atoms with Gasteiger partial charge in [0.2, 0.25) is 11.8 Å². The lowest BCUT2D eigenvalue weighted by Gasteiger charge is -2.36. The van der Waals surface area contributed by atoms with E-state index in [1.165, 1.54) is 32.4 Å². The Kier molecular flexibility index (Phi) is 10.8. The monoisotopic (exact) mass is 784 g/mol. The fourth-order valence-corrected chi connectivity index (χ4v) is 7.23. The van der Waals surface area contributed by atoms with Crippen LogP contribution < -0.4 is 30.9 Å². The number of rotatable bonds is 11. The Morgan fingerprint density at radius 1 is 0.895 bits per heavy atom. The van der Waals surface area contributed by atoms with Gasteiger partial charge in [-0.25, -0.2) is 4.98 Å². The highest BCUT2D eigenvalue weighted by atomic mass is 19.4. The molecule has 4 aromatic rings. The predicted molar refractivity (Wildman–Crippen MR) is 204 cm³/mol. The molecule has 0 radical (unpaired) electrons. The van der Waals surface area contributed by atoms with E-state index in [-0.39, 0.29) is 46.7 Å². The highest BCUT2D eigenvalue weighted by molar-refractivity contribution is 6.23. The van der Waals surface area contributed by atoms with Crippen molar-refractivity contribution in [3.8, 4) is 5.75 Å². The number of carbonyl (C=O) groups excluding carboxylic acids is 5. The lowest BCUT2D eigenvalue weighted by atomic mass is 10.0. The van der Waals surface area contributed by atoms with Crippen molar-refractivity contribution in [3.63, 3.8) is 0 Å². The smallest absolute Gasteiger partial charge is 0.419 e. The first-order chi connectivity index (χ1) is 27.3. The minimum Gasteiger partial charge on any atom is -0.495 e. The summed E-state index contributed by atoms with van der Waals surface area (Å²) >= 11 is 0. The standard InChI is InChI=1S/C40H39F3N8O6/c1-44-36(53)26-5-3-4-6-29(26)46-31-21-34(45-22-28(31)40(41,42)43)47-30-10-7-23(19-33(30)57-2)13-14-49-15-17-50(18-16-49)24-8-9-25-27(20-24)39(56)51(38(25)55)32-11-12-35(52)48-37(32)54/h3-10,19-22,32H,11-18H2,1-2H3,(H,44,53)(H2,45,46,47)(H,48,52,54). The highest BCUT2D eigenvalue weighted by Crippen LogP contribution is 2.39. The number of aromatic nitrogens is 1. The van der Waals surface area contributed by atoms with Gasteiger partial charge in [-0.3, -0.25) is 39.1 Å². The molecule has 5 amide bonds. The summed E-state index contributed by atoms with van der Waals surface area (Å²) in [6.07, 6.45) is -3.14. The summed E-state index contributed by atoms with van der Waals surface area (Å²) in [5.74, 6) is -2.02. The molecule has 0 aliphatic carbocycles. The third-order valence-corrected chi connectivity index (χ3v) is 10.3. The Labute approximate surface area is 325 Å². The second kappa shape index (κ2) is 15.9. The van der Waals surface area contributed by atoms with Crippen molar-refractivity contribution >= 4 is 58.1 Å². The zero-order chi connectivity index (χ0) is 40.4. The Hall–Kier alpha value is -6.49. The van der Waals surface area contributed by atoms with Crippen molar-refractivity contribution in [3.05, 3.63) is 101 Å². The zero-order valence-electron chi connectivity index (χ0n) is 31.0. The molecule has 4 N–H and O–H groups in total. The maximum atomic E-state index is 14.0. The number of fused-ring (bicyclic) bond motifs is 1. The molecule has 1 atom stereocenters. The summed E-state index contributed by atoms with van der Waals surface area (Å²) in [4.78, 5) is 72.2. The van der Waals surface area contributed by atoms with E-state index in [0.29, 0.717) is 30.9 Å². The van der Waals surface area contributed by atoms with Crippen LogP contribution in [0.4, 0.5) is 41.7 Å². The number of ether oxygens (including phenoxy) is 1. The van der Waals surface area contributed by atoms with E-state index >= 15 is 0 Å². The van der Waals surface area contributed by atoms with E-state index < -0.39 is 47.3 Å². The van der Waals surface area contributed by atoms with Crippen LogP contribution in [-0.2, 0) is 22.2 Å². The quantitative estimate of drug-likeness (QED) is 0.156. The second-order valence-electron chi connectivity index (χ2n) is 13.8. The van der Waals surface area contributed by atoms with Gasteiger partial charge in [-0.2, -0.15) is 13.2 Å². The topological polar surface area (TPSA) is 165 Å². The number of anilines is 5. The van der Waals surface area contributed by atoms with Gasteiger partial charge in [-0.15, -0.1) is 0 Å². The number of methoxy groups -OCH3 is 1. The molecule has 4 heterocycles. The third kappa shape index (κ3) is 8.09. The maximum absolute atomic E-state index is 14.0. The summed E-state index contributed by atoms with van der Waals surface area (Å²) in [5, 5.41) is 10.5. The molecule has 296 valence electrons. The van der Waals surface area contributed by atoms with Crippen LogP contribution in [-0.4, -0.2) is 97.2 Å². The Morgan fingerprint density at radius 2 is 1.65 bits per heavy atom. The van der Waals surface area contributed by atoms with E-state index in [4.69, 9.17) is 4.74 Å². The number of halogens is 3. The number of alkyl halides is 3. The summed E-state index contributed by atoms with van der Waals surface area (Å²) in [6, 6.07) is 17.1. The summed E-state index contributed by atoms with van der Waals surface area (Å²) in [6.45, 7) is 3.59. The fraction of sp³-hybridized carbons (Fsp3) is 0.300. The van der Waals surface area contributed by atoms with Gasteiger partial charge < -0.3 is 25.6 Å². The van der Waals surface area contributed by atoms with E-state index in [0.717, 1.165) is 42.0 Å². The number of benzene rings is 3. The second-order valence-corrected chi connectivity index (χ2v) is 13.8. The first kappa shape index (κ1) is 38.8. The molecule has 7 rings (SSSR count). The van der Waals surface area contributed by atoms with Crippen LogP contribution in [0.3, 0.4) is 0 Å². The molecule has 57 heavy (non-hydrogen) atoms. The fourth-order valence-electron chi connectivity index (χ4n) is 7.23. The number of piperazine rings is 1. The lowest BCUT2D eigenvalue weighted by Crippen LogP contribution is -2.54. The number of piperidine rings is 1. The molecule has 2 fully saturated rings. The zero-order valence-corrected chi connectivity index (χ0v) is 31.0. The molecule has 0 bridgehead atoms. The van der Waals surface area contributed by atoms with Crippen molar-refractivity contribution < 1.29 is 41.9 Å². The average Bonchev–Trinajstić information content (AvgIpc) is 3.45. The van der Waals surface area contributed by atoms with Gasteiger partial charge in [-0.05, 0) is 60.9 Å². The SMILES string of the molecule is CNC(=O)c1ccccc1Nc1cc(Nc2ccc(CCN3CCN(c4ccc5c(c4)C(=O)N(C4CCC(=O)NC4=O)C5=O)CC3)cc2OC)ncc1C(F)(F)F. The van der Waals surface area contributed by atoms with Crippen LogP contribution in [0, 0.1) is 0 Å². The van der Waals surface area contributed by atoms with E-state index in [2.05, 4.69) is 36.1 Å². The molecule has 1 unspecified atom stereocenters. The van der Waals surface area contributed by atoms with Crippen LogP contribution in [0.1, 0.15) is 55.0 Å². The van der Waals surface area contributed by atoms with Gasteiger partial charge in [0, 0.05) is 64.1 Å². The first-order valence-corrected chi connectivity index (χ1v) is 18.3. The summed E-state index contributed by atoms with van der Waals surface area (Å²) < 4.78 is 47.7. The van der Waals surface area contributed by atoms with E-state index in [1.807, 2.05) is 12.1 Å². The molecule has 0 spiro atoms. The van der Waals surface area contributed by atoms with Gasteiger partial charge in [-0.1, -0.05) is 18.2 Å². The highest BCUT2D eigenvalue weighted by Gasteiger charge is 2.45. The summed E-state index contributed by atoms with van der Waals surface area (Å²) in [5.41, 5.74) is 1.84.